The van der Waals surface area contributed by atoms with E-state index in [1.165, 1.54) is 25.7 Å². The zero-order valence-corrected chi connectivity index (χ0v) is 9.34. The molecule has 16 heavy (non-hydrogen) atoms. The van der Waals surface area contributed by atoms with Gasteiger partial charge in [-0.15, -0.1) is 0 Å². The van der Waals surface area contributed by atoms with E-state index in [1.54, 1.807) is 0 Å². The number of hydrogen-bond donors (Lipinski definition) is 0. The fourth-order valence-corrected chi connectivity index (χ4v) is 5.90. The summed E-state index contributed by atoms with van der Waals surface area (Å²) in [6.45, 7) is 0. The van der Waals surface area contributed by atoms with Crippen LogP contribution >= 0.6 is 0 Å². The van der Waals surface area contributed by atoms with Gasteiger partial charge in [0.05, 0.1) is 12.1 Å². The smallest absolute Gasteiger partial charge is 0.0658 e. The predicted octanol–water partition coefficient (Wildman–Crippen LogP) is 2.58. The highest BCUT2D eigenvalue weighted by Gasteiger charge is 2.64. The largest absolute Gasteiger partial charge is 0.198 e. The van der Waals surface area contributed by atoms with Crippen LogP contribution in [0.15, 0.2) is 0 Å². The van der Waals surface area contributed by atoms with Gasteiger partial charge in [0.1, 0.15) is 0 Å². The summed E-state index contributed by atoms with van der Waals surface area (Å²) in [6.07, 6.45) is 4.95. The third-order valence-electron chi connectivity index (χ3n) is 6.15. The molecule has 4 fully saturated rings. The van der Waals surface area contributed by atoms with Crippen LogP contribution in [0.25, 0.3) is 0 Å². The minimum absolute atomic E-state index is 0.324. The molecule has 4 saturated carbocycles. The van der Waals surface area contributed by atoms with Gasteiger partial charge in [0, 0.05) is 11.8 Å². The summed E-state index contributed by atoms with van der Waals surface area (Å²) in [4.78, 5) is 0. The first-order chi connectivity index (χ1) is 7.83. The molecule has 0 amide bonds. The molecule has 0 aromatic carbocycles. The second-order valence-electron chi connectivity index (χ2n) is 6.42. The van der Waals surface area contributed by atoms with Crippen molar-refractivity contribution in [2.24, 2.45) is 47.3 Å². The van der Waals surface area contributed by atoms with E-state index < -0.39 is 0 Å². The lowest BCUT2D eigenvalue weighted by atomic mass is 9.65. The maximum absolute atomic E-state index is 9.19. The van der Waals surface area contributed by atoms with Crippen molar-refractivity contribution in [1.82, 2.24) is 0 Å². The van der Waals surface area contributed by atoms with E-state index in [0.29, 0.717) is 23.7 Å². The topological polar surface area (TPSA) is 47.6 Å². The Bertz CT molecular complexity index is 377. The lowest BCUT2D eigenvalue weighted by Crippen LogP contribution is -2.35. The summed E-state index contributed by atoms with van der Waals surface area (Å²) in [5.74, 6) is 5.31. The molecule has 0 radical (unpaired) electrons. The summed E-state index contributed by atoms with van der Waals surface area (Å²) in [5.41, 5.74) is 0. The monoisotopic (exact) mass is 212 g/mol. The third kappa shape index (κ3) is 0.844. The van der Waals surface area contributed by atoms with Crippen LogP contribution < -0.4 is 0 Å². The fraction of sp³-hybridized carbons (Fsp3) is 0.857. The van der Waals surface area contributed by atoms with Gasteiger partial charge >= 0.3 is 0 Å². The molecule has 2 nitrogen and oxygen atoms in total. The van der Waals surface area contributed by atoms with Crippen LogP contribution in [-0.4, -0.2) is 0 Å². The minimum Gasteiger partial charge on any atom is -0.198 e. The van der Waals surface area contributed by atoms with E-state index in [9.17, 15) is 10.5 Å². The summed E-state index contributed by atoms with van der Waals surface area (Å²) in [6, 6.07) is 5.03. The highest BCUT2D eigenvalue weighted by Crippen LogP contribution is 2.69. The van der Waals surface area contributed by atoms with Crippen molar-refractivity contribution in [3.8, 4) is 12.1 Å². The summed E-state index contributed by atoms with van der Waals surface area (Å²) in [7, 11) is 0. The van der Waals surface area contributed by atoms with Gasteiger partial charge in [-0.3, -0.25) is 0 Å². The normalized spacial score (nSPS) is 60.6. The van der Waals surface area contributed by atoms with Crippen molar-refractivity contribution < 1.29 is 0 Å². The Morgan fingerprint density at radius 3 is 1.62 bits per heavy atom. The Morgan fingerprint density at radius 2 is 1.19 bits per heavy atom. The van der Waals surface area contributed by atoms with Crippen molar-refractivity contribution in [3.63, 3.8) is 0 Å². The van der Waals surface area contributed by atoms with Crippen molar-refractivity contribution in [3.05, 3.63) is 0 Å². The van der Waals surface area contributed by atoms with Crippen LogP contribution in [-0.2, 0) is 0 Å². The van der Waals surface area contributed by atoms with Gasteiger partial charge in [-0.2, -0.15) is 10.5 Å². The SMILES string of the molecule is N#CC1C[C@@H]2C[C@H]1C1C2[C@H]2CC(C#N)[C@@H]1C2. The number of rotatable bonds is 0. The van der Waals surface area contributed by atoms with E-state index in [-0.39, 0.29) is 0 Å². The van der Waals surface area contributed by atoms with Crippen LogP contribution in [0, 0.1) is 70.0 Å². The Labute approximate surface area is 96.2 Å². The van der Waals surface area contributed by atoms with E-state index >= 15 is 0 Å². The Morgan fingerprint density at radius 1 is 0.688 bits per heavy atom. The number of nitriles is 2. The van der Waals surface area contributed by atoms with Gasteiger partial charge in [0.2, 0.25) is 0 Å². The molecule has 0 aliphatic heterocycles. The van der Waals surface area contributed by atoms with Crippen LogP contribution in [0.2, 0.25) is 0 Å². The average Bonchev–Trinajstić information content (AvgIpc) is 3.03. The Balaban J connectivity index is 1.70. The van der Waals surface area contributed by atoms with Gasteiger partial charge in [0.15, 0.2) is 0 Å². The van der Waals surface area contributed by atoms with E-state index in [2.05, 4.69) is 12.1 Å². The molecular formula is C14H16N2. The molecule has 4 rings (SSSR count). The highest BCUT2D eigenvalue weighted by molar-refractivity contribution is 5.17. The standard InChI is InChI=1S/C14H16N2/c15-5-9-1-7-3-11(9)14-12-4-8(13(7)14)2-10(12)6-16/h7-14H,1-4H2/t7-,8+,9?,10?,11-,12+,13?,14?. The Hall–Kier alpha value is -1.02. The first-order valence-corrected chi connectivity index (χ1v) is 6.62. The van der Waals surface area contributed by atoms with E-state index in [4.69, 9.17) is 0 Å². The van der Waals surface area contributed by atoms with Gasteiger partial charge < -0.3 is 0 Å². The average molecular weight is 212 g/mol. The molecule has 4 aliphatic rings. The predicted molar refractivity (Wildman–Crippen MR) is 57.6 cm³/mol. The quantitative estimate of drug-likeness (QED) is 0.579. The second-order valence-corrected chi connectivity index (χ2v) is 6.42. The first kappa shape index (κ1) is 9.06. The van der Waals surface area contributed by atoms with Crippen LogP contribution in [0.5, 0.6) is 0 Å². The van der Waals surface area contributed by atoms with Crippen LogP contribution in [0.4, 0.5) is 0 Å². The molecule has 82 valence electrons. The highest BCUT2D eigenvalue weighted by atomic mass is 14.7. The van der Waals surface area contributed by atoms with E-state index in [0.717, 1.165) is 23.7 Å². The fourth-order valence-electron chi connectivity index (χ4n) is 5.90. The van der Waals surface area contributed by atoms with Crippen LogP contribution in [0.1, 0.15) is 25.7 Å². The molecule has 4 aliphatic carbocycles. The maximum atomic E-state index is 9.19. The number of nitrogens with zero attached hydrogens (tertiary/aromatic N) is 2. The number of hydrogen-bond acceptors (Lipinski definition) is 2. The molecule has 0 saturated heterocycles. The minimum atomic E-state index is 0.324. The summed E-state index contributed by atoms with van der Waals surface area (Å²) >= 11 is 0. The van der Waals surface area contributed by atoms with E-state index in [1.807, 2.05) is 0 Å². The zero-order chi connectivity index (χ0) is 10.9. The van der Waals surface area contributed by atoms with Gasteiger partial charge in [-0.1, -0.05) is 0 Å². The molecular weight excluding hydrogens is 196 g/mol. The Kier molecular flexibility index (Phi) is 1.59. The zero-order valence-electron chi connectivity index (χ0n) is 9.34. The lowest BCUT2D eigenvalue weighted by molar-refractivity contribution is 0.104. The summed E-state index contributed by atoms with van der Waals surface area (Å²) < 4.78 is 0. The molecule has 0 heterocycles. The molecule has 2 heteroatoms. The lowest BCUT2D eigenvalue weighted by Gasteiger charge is -2.38. The molecule has 0 N–H and O–H groups in total. The van der Waals surface area contributed by atoms with Crippen molar-refractivity contribution in [2.75, 3.05) is 0 Å². The molecule has 0 aromatic rings. The van der Waals surface area contributed by atoms with Crippen molar-refractivity contribution in [2.45, 2.75) is 25.7 Å². The third-order valence-corrected chi connectivity index (χ3v) is 6.15. The molecule has 0 spiro atoms. The van der Waals surface area contributed by atoms with Gasteiger partial charge in [-0.25, -0.2) is 0 Å². The second kappa shape index (κ2) is 2.80. The number of fused-ring (bicyclic) bond motifs is 9. The molecule has 4 unspecified atom stereocenters. The maximum Gasteiger partial charge on any atom is 0.0658 e. The molecule has 0 aromatic heterocycles. The summed E-state index contributed by atoms with van der Waals surface area (Å²) in [5, 5.41) is 18.4. The van der Waals surface area contributed by atoms with Crippen molar-refractivity contribution in [1.29, 1.82) is 10.5 Å². The van der Waals surface area contributed by atoms with Gasteiger partial charge in [-0.05, 0) is 61.2 Å². The molecule has 4 bridgehead atoms. The first-order valence-electron chi connectivity index (χ1n) is 6.62. The molecule has 8 atom stereocenters. The van der Waals surface area contributed by atoms with Gasteiger partial charge in [0.25, 0.3) is 0 Å². The van der Waals surface area contributed by atoms with Crippen molar-refractivity contribution >= 4 is 0 Å². The van der Waals surface area contributed by atoms with Crippen LogP contribution in [0.3, 0.4) is 0 Å².